The first kappa shape index (κ1) is 13.4. The van der Waals surface area contributed by atoms with Gasteiger partial charge in [0, 0.05) is 19.6 Å². The van der Waals surface area contributed by atoms with Gasteiger partial charge in [0.25, 0.3) is 0 Å². The van der Waals surface area contributed by atoms with Crippen LogP contribution >= 0.6 is 0 Å². The highest BCUT2D eigenvalue weighted by Gasteiger charge is 2.32. The Kier molecular flexibility index (Phi) is 5.18. The van der Waals surface area contributed by atoms with Crippen LogP contribution in [0.25, 0.3) is 0 Å². The fourth-order valence-electron chi connectivity index (χ4n) is 1.76. The van der Waals surface area contributed by atoms with E-state index in [1.807, 2.05) is 6.92 Å². The minimum absolute atomic E-state index is 0.205. The molecule has 1 N–H and O–H groups in total. The Morgan fingerprint density at radius 1 is 1.50 bits per heavy atom. The lowest BCUT2D eigenvalue weighted by Crippen LogP contribution is -2.51. The van der Waals surface area contributed by atoms with Crippen LogP contribution in [0.3, 0.4) is 0 Å². The van der Waals surface area contributed by atoms with Crippen LogP contribution in [0.5, 0.6) is 0 Å². The van der Waals surface area contributed by atoms with E-state index < -0.39 is 5.54 Å². The molecule has 0 aromatic carbocycles. The zero-order valence-electron chi connectivity index (χ0n) is 10.4. The molecule has 0 saturated carbocycles. The molecule has 0 aromatic rings. The summed E-state index contributed by atoms with van der Waals surface area (Å²) in [6.07, 6.45) is 0.746. The van der Waals surface area contributed by atoms with Gasteiger partial charge < -0.3 is 14.8 Å². The quantitative estimate of drug-likeness (QED) is 0.666. The molecule has 0 aromatic heterocycles. The van der Waals surface area contributed by atoms with Crippen molar-refractivity contribution in [2.24, 2.45) is 0 Å². The molecule has 5 nitrogen and oxygen atoms in total. The van der Waals surface area contributed by atoms with Gasteiger partial charge in [0.05, 0.1) is 20.3 Å². The number of morpholine rings is 1. The Labute approximate surface area is 97.1 Å². The van der Waals surface area contributed by atoms with Crippen LogP contribution in [0, 0.1) is 0 Å². The maximum atomic E-state index is 11.6. The Balaban J connectivity index is 2.40. The molecular formula is C11H22N2O3. The van der Waals surface area contributed by atoms with Gasteiger partial charge >= 0.3 is 5.97 Å². The zero-order valence-corrected chi connectivity index (χ0v) is 10.4. The zero-order chi connectivity index (χ0) is 12.0. The van der Waals surface area contributed by atoms with Gasteiger partial charge in [-0.25, -0.2) is 0 Å². The molecule has 94 valence electrons. The third-order valence-corrected chi connectivity index (χ3v) is 3.22. The molecule has 1 aliphatic heterocycles. The molecular weight excluding hydrogens is 208 g/mol. The number of methoxy groups -OCH3 is 1. The lowest BCUT2D eigenvalue weighted by Gasteiger charge is -2.31. The van der Waals surface area contributed by atoms with E-state index in [2.05, 4.69) is 10.2 Å². The first-order valence-corrected chi connectivity index (χ1v) is 5.70. The SMILES string of the molecule is CNC(C)(CCN1CCOCC1)C(=O)OC. The Bertz CT molecular complexity index is 229. The molecule has 16 heavy (non-hydrogen) atoms. The number of carbonyl (C=O) groups is 1. The summed E-state index contributed by atoms with van der Waals surface area (Å²) in [5, 5.41) is 3.04. The number of hydrogen-bond donors (Lipinski definition) is 1. The van der Waals surface area contributed by atoms with E-state index >= 15 is 0 Å². The summed E-state index contributed by atoms with van der Waals surface area (Å²) < 4.78 is 10.1. The number of nitrogens with zero attached hydrogens (tertiary/aromatic N) is 1. The number of nitrogens with one attached hydrogen (secondary N) is 1. The summed E-state index contributed by atoms with van der Waals surface area (Å²) in [5.41, 5.74) is -0.590. The van der Waals surface area contributed by atoms with Crippen LogP contribution in [0.2, 0.25) is 0 Å². The summed E-state index contributed by atoms with van der Waals surface area (Å²) in [6.45, 7) is 6.22. The lowest BCUT2D eigenvalue weighted by molar-refractivity contribution is -0.148. The summed E-state index contributed by atoms with van der Waals surface area (Å²) in [4.78, 5) is 13.9. The minimum Gasteiger partial charge on any atom is -0.468 e. The Morgan fingerprint density at radius 3 is 2.62 bits per heavy atom. The highest BCUT2D eigenvalue weighted by Crippen LogP contribution is 2.12. The molecule has 0 bridgehead atoms. The fourth-order valence-corrected chi connectivity index (χ4v) is 1.76. The van der Waals surface area contributed by atoms with Crippen LogP contribution in [-0.2, 0) is 14.3 Å². The lowest BCUT2D eigenvalue weighted by atomic mass is 9.98. The average molecular weight is 230 g/mol. The van der Waals surface area contributed by atoms with Crippen LogP contribution in [0.4, 0.5) is 0 Å². The fraction of sp³-hybridized carbons (Fsp3) is 0.909. The molecule has 0 radical (unpaired) electrons. The summed E-state index contributed by atoms with van der Waals surface area (Å²) in [5.74, 6) is -0.205. The average Bonchev–Trinajstić information content (AvgIpc) is 2.36. The van der Waals surface area contributed by atoms with Crippen LogP contribution in [-0.4, -0.2) is 63.4 Å². The number of ether oxygens (including phenoxy) is 2. The standard InChI is InChI=1S/C11H22N2O3/c1-11(12-2,10(14)15-3)4-5-13-6-8-16-9-7-13/h12H,4-9H2,1-3H3. The molecule has 0 spiro atoms. The molecule has 5 heteroatoms. The van der Waals surface area contributed by atoms with E-state index in [9.17, 15) is 4.79 Å². The van der Waals surface area contributed by atoms with Crippen molar-refractivity contribution in [2.45, 2.75) is 18.9 Å². The van der Waals surface area contributed by atoms with E-state index in [1.54, 1.807) is 7.05 Å². The third kappa shape index (κ3) is 3.43. The van der Waals surface area contributed by atoms with Crippen molar-refractivity contribution >= 4 is 5.97 Å². The Morgan fingerprint density at radius 2 is 2.12 bits per heavy atom. The van der Waals surface area contributed by atoms with Crippen molar-refractivity contribution in [3.63, 3.8) is 0 Å². The predicted octanol–water partition coefficient (Wildman–Crippen LogP) is -0.140. The first-order valence-electron chi connectivity index (χ1n) is 5.70. The van der Waals surface area contributed by atoms with Crippen molar-refractivity contribution in [1.29, 1.82) is 0 Å². The second-order valence-corrected chi connectivity index (χ2v) is 4.28. The smallest absolute Gasteiger partial charge is 0.325 e. The van der Waals surface area contributed by atoms with Gasteiger partial charge in [0.1, 0.15) is 5.54 Å². The van der Waals surface area contributed by atoms with E-state index in [0.717, 1.165) is 39.3 Å². The van der Waals surface area contributed by atoms with Gasteiger partial charge in [-0.3, -0.25) is 9.69 Å². The number of esters is 1. The van der Waals surface area contributed by atoms with Crippen molar-refractivity contribution in [1.82, 2.24) is 10.2 Å². The Hall–Kier alpha value is -0.650. The first-order chi connectivity index (χ1) is 7.62. The summed E-state index contributed by atoms with van der Waals surface area (Å²) in [7, 11) is 3.21. The molecule has 1 heterocycles. The number of likely N-dealkylation sites (N-methyl/N-ethyl adjacent to an activating group) is 1. The largest absolute Gasteiger partial charge is 0.468 e. The second kappa shape index (κ2) is 6.18. The monoisotopic (exact) mass is 230 g/mol. The van der Waals surface area contributed by atoms with Gasteiger partial charge in [-0.15, -0.1) is 0 Å². The maximum Gasteiger partial charge on any atom is 0.325 e. The second-order valence-electron chi connectivity index (χ2n) is 4.28. The van der Waals surface area contributed by atoms with Gasteiger partial charge in [0.15, 0.2) is 0 Å². The molecule has 1 saturated heterocycles. The third-order valence-electron chi connectivity index (χ3n) is 3.22. The predicted molar refractivity (Wildman–Crippen MR) is 61.4 cm³/mol. The molecule has 0 aliphatic carbocycles. The molecule has 1 atom stereocenters. The highest BCUT2D eigenvalue weighted by molar-refractivity contribution is 5.80. The van der Waals surface area contributed by atoms with Gasteiger partial charge in [-0.2, -0.15) is 0 Å². The molecule has 1 aliphatic rings. The highest BCUT2D eigenvalue weighted by atomic mass is 16.5. The van der Waals surface area contributed by atoms with Crippen molar-refractivity contribution < 1.29 is 14.3 Å². The maximum absolute atomic E-state index is 11.6. The normalized spacial score (nSPS) is 21.4. The van der Waals surface area contributed by atoms with Crippen LogP contribution in [0.1, 0.15) is 13.3 Å². The van der Waals surface area contributed by atoms with Crippen molar-refractivity contribution in [3.8, 4) is 0 Å². The van der Waals surface area contributed by atoms with E-state index in [-0.39, 0.29) is 5.97 Å². The van der Waals surface area contributed by atoms with E-state index in [4.69, 9.17) is 9.47 Å². The summed E-state index contributed by atoms with van der Waals surface area (Å²) >= 11 is 0. The van der Waals surface area contributed by atoms with Crippen LogP contribution < -0.4 is 5.32 Å². The molecule has 1 fully saturated rings. The number of carbonyl (C=O) groups excluding carboxylic acids is 1. The molecule has 0 amide bonds. The van der Waals surface area contributed by atoms with Gasteiger partial charge in [-0.05, 0) is 20.4 Å². The topological polar surface area (TPSA) is 50.8 Å². The van der Waals surface area contributed by atoms with Gasteiger partial charge in [-0.1, -0.05) is 0 Å². The van der Waals surface area contributed by atoms with E-state index in [1.165, 1.54) is 7.11 Å². The number of rotatable bonds is 5. The number of hydrogen-bond acceptors (Lipinski definition) is 5. The summed E-state index contributed by atoms with van der Waals surface area (Å²) in [6, 6.07) is 0. The van der Waals surface area contributed by atoms with Crippen molar-refractivity contribution in [2.75, 3.05) is 47.0 Å². The molecule has 1 unspecified atom stereocenters. The van der Waals surface area contributed by atoms with E-state index in [0.29, 0.717) is 0 Å². The minimum atomic E-state index is -0.590. The van der Waals surface area contributed by atoms with Gasteiger partial charge in [0.2, 0.25) is 0 Å². The van der Waals surface area contributed by atoms with Crippen molar-refractivity contribution in [3.05, 3.63) is 0 Å². The van der Waals surface area contributed by atoms with Crippen LogP contribution in [0.15, 0.2) is 0 Å². The molecule has 1 rings (SSSR count).